The van der Waals surface area contributed by atoms with Crippen molar-refractivity contribution in [3.8, 4) is 34.5 Å². The molecule has 0 atom stereocenters. The van der Waals surface area contributed by atoms with Crippen LogP contribution in [-0.2, 0) is 0 Å². The molecule has 0 spiro atoms. The van der Waals surface area contributed by atoms with Gasteiger partial charge < -0.3 is 0 Å². The normalized spacial score (nSPS) is 11.7. The topological polar surface area (TPSA) is 79.8 Å². The Morgan fingerprint density at radius 1 is 0.390 bits per heavy atom. The summed E-state index contributed by atoms with van der Waals surface area (Å²) < 4.78 is 47.9. The van der Waals surface area contributed by atoms with Crippen molar-refractivity contribution in [3.63, 3.8) is 0 Å². The van der Waals surface area contributed by atoms with Crippen LogP contribution in [-0.4, -0.2) is 0 Å². The summed E-state index contributed by atoms with van der Waals surface area (Å²) in [6.45, 7) is 24.6. The van der Waals surface area contributed by atoms with E-state index in [1.54, 1.807) is 0 Å². The minimum absolute atomic E-state index is 0.603. The third-order valence-electron chi connectivity index (χ3n) is 11.1. The van der Waals surface area contributed by atoms with Crippen LogP contribution >= 0.6 is 24.7 Å². The Bertz CT molecular complexity index is 2340. The van der Waals surface area contributed by atoms with Gasteiger partial charge in [0.15, 0.2) is 0 Å². The Morgan fingerprint density at radius 3 is 1.00 bits per heavy atom. The van der Waals surface area contributed by atoms with E-state index >= 15 is 0 Å². The fraction of sp³-hybridized carbons (Fsp3) is 0.250. The van der Waals surface area contributed by atoms with Crippen LogP contribution in [0.15, 0.2) is 114 Å². The maximum atomic E-state index is 7.30. The molecule has 310 valence electrons. The number of benzene rings is 6. The van der Waals surface area contributed by atoms with E-state index in [9.17, 15) is 0 Å². The first kappa shape index (κ1) is 43.7. The summed E-state index contributed by atoms with van der Waals surface area (Å²) in [5.74, 6) is 3.86. The molecule has 6 rings (SSSR count). The summed E-state index contributed by atoms with van der Waals surface area (Å²) in [4.78, 5) is 3.72. The van der Waals surface area contributed by atoms with Crippen molar-refractivity contribution in [1.29, 1.82) is 0 Å². The molecule has 0 heterocycles. The molecular formula is C48H57N2O6P3. The molecule has 0 aliphatic heterocycles. The zero-order valence-corrected chi connectivity index (χ0v) is 39.1. The summed E-state index contributed by atoms with van der Waals surface area (Å²) in [7, 11) is -9.10. The Morgan fingerprint density at radius 2 is 0.661 bits per heavy atom. The van der Waals surface area contributed by atoms with E-state index in [0.29, 0.717) is 34.5 Å². The summed E-state index contributed by atoms with van der Waals surface area (Å²) in [6, 6.07) is 35.9. The molecule has 0 amide bonds. The quantitative estimate of drug-likeness (QED) is 0.103. The maximum absolute atomic E-state index is 7.30. The number of nitrogens with zero attached hydrogens (tertiary/aromatic N) is 1. The van der Waals surface area contributed by atoms with Gasteiger partial charge in [0.1, 0.15) is 0 Å². The standard InChI is InChI=1S/C48H57N2O6P3/c1-31-19-13-25-43(37(31)7)51-57(52-44-26-14-20-32(2)38(44)8)49-59(55-47-29-17-23-35(5)41(47)11,56-48-30-18-24-36(6)42(48)12)50-58(53-45-27-15-21-33(3)39(45)9)54-46-28-16-22-34(4)40(46)10/h13-30,49,58-59H,1-12H3. The van der Waals surface area contributed by atoms with Crippen LogP contribution in [0.1, 0.15) is 66.8 Å². The van der Waals surface area contributed by atoms with Crippen molar-refractivity contribution >= 4 is 24.7 Å². The number of aryl methyl sites for hydroxylation is 6. The third kappa shape index (κ3) is 10.5. The molecule has 0 bridgehead atoms. The van der Waals surface area contributed by atoms with Gasteiger partial charge in [-0.05, 0) is 0 Å². The van der Waals surface area contributed by atoms with Crippen molar-refractivity contribution in [3.05, 3.63) is 176 Å². The Hall–Kier alpha value is -4.83. The van der Waals surface area contributed by atoms with E-state index in [2.05, 4.69) is 82.8 Å². The van der Waals surface area contributed by atoms with Crippen molar-refractivity contribution in [2.24, 2.45) is 4.52 Å². The van der Waals surface area contributed by atoms with E-state index < -0.39 is 24.7 Å². The summed E-state index contributed by atoms with van der Waals surface area (Å²) >= 11 is 0. The van der Waals surface area contributed by atoms with Gasteiger partial charge in [-0.2, -0.15) is 0 Å². The second-order valence-electron chi connectivity index (χ2n) is 15.1. The first-order valence-electron chi connectivity index (χ1n) is 19.8. The molecule has 0 saturated carbocycles. The van der Waals surface area contributed by atoms with Gasteiger partial charge in [0, 0.05) is 0 Å². The van der Waals surface area contributed by atoms with Crippen LogP contribution in [0.4, 0.5) is 0 Å². The average molecular weight is 851 g/mol. The molecule has 0 aliphatic carbocycles. The number of nitrogens with one attached hydrogen (secondary N) is 1. The van der Waals surface area contributed by atoms with Crippen LogP contribution < -0.4 is 32.0 Å². The molecule has 0 saturated heterocycles. The third-order valence-corrected chi connectivity index (χ3v) is 17.3. The first-order chi connectivity index (χ1) is 28.1. The summed E-state index contributed by atoms with van der Waals surface area (Å²) in [6.07, 6.45) is 0. The van der Waals surface area contributed by atoms with Gasteiger partial charge in [0.25, 0.3) is 0 Å². The fourth-order valence-electron chi connectivity index (χ4n) is 6.15. The molecule has 1 N–H and O–H groups in total. The first-order valence-corrected chi connectivity index (χ1v) is 24.0. The van der Waals surface area contributed by atoms with Crippen molar-refractivity contribution in [2.45, 2.75) is 83.1 Å². The molecule has 0 aromatic heterocycles. The predicted molar refractivity (Wildman–Crippen MR) is 248 cm³/mol. The van der Waals surface area contributed by atoms with Gasteiger partial charge in [-0.3, -0.25) is 0 Å². The minimum atomic E-state index is -4.30. The van der Waals surface area contributed by atoms with Crippen LogP contribution in [0.25, 0.3) is 0 Å². The molecule has 0 unspecified atom stereocenters. The van der Waals surface area contributed by atoms with Crippen molar-refractivity contribution < 1.29 is 27.1 Å². The predicted octanol–water partition coefficient (Wildman–Crippen LogP) is 14.6. The van der Waals surface area contributed by atoms with Crippen molar-refractivity contribution in [2.75, 3.05) is 0 Å². The van der Waals surface area contributed by atoms with Gasteiger partial charge in [0.2, 0.25) is 0 Å². The monoisotopic (exact) mass is 850 g/mol. The van der Waals surface area contributed by atoms with Gasteiger partial charge >= 0.3 is 355 Å². The molecule has 8 nitrogen and oxygen atoms in total. The summed E-state index contributed by atoms with van der Waals surface area (Å²) in [5, 5.41) is 0. The Labute approximate surface area is 353 Å². The molecular weight excluding hydrogens is 793 g/mol. The molecule has 59 heavy (non-hydrogen) atoms. The number of hydrogen-bond donors (Lipinski definition) is 1. The molecule has 0 fully saturated rings. The molecule has 0 radical (unpaired) electrons. The van der Waals surface area contributed by atoms with Gasteiger partial charge in [-0.1, -0.05) is 0 Å². The molecule has 0 aliphatic rings. The zero-order chi connectivity index (χ0) is 42.4. The Kier molecular flexibility index (Phi) is 14.1. The second-order valence-corrected chi connectivity index (χ2v) is 20.3. The van der Waals surface area contributed by atoms with Crippen molar-refractivity contribution in [1.82, 2.24) is 4.86 Å². The second kappa shape index (κ2) is 19.0. The zero-order valence-electron chi connectivity index (χ0n) is 36.2. The number of hydrogen-bond acceptors (Lipinski definition) is 8. The van der Waals surface area contributed by atoms with Crippen LogP contribution in [0.2, 0.25) is 0 Å². The average Bonchev–Trinajstić information content (AvgIpc) is 3.19. The fourth-order valence-corrected chi connectivity index (χ4v) is 12.9. The van der Waals surface area contributed by atoms with Gasteiger partial charge in [-0.25, -0.2) is 0 Å². The number of rotatable bonds is 15. The van der Waals surface area contributed by atoms with E-state index in [-0.39, 0.29) is 0 Å². The SMILES string of the molecule is Cc1cccc(OP(N[PH](N=[PH](Oc2cccc(C)c2C)Oc2cccc(C)c2C)(Oc2cccc(C)c2C)Oc2cccc(C)c2C)Oc2cccc(C)c2C)c1C. The van der Waals surface area contributed by atoms with Crippen LogP contribution in [0.3, 0.4) is 0 Å². The van der Waals surface area contributed by atoms with E-state index in [1.807, 2.05) is 114 Å². The molecule has 6 aromatic rings. The summed E-state index contributed by atoms with van der Waals surface area (Å²) in [5.41, 5.74) is 12.3. The molecule has 6 aromatic carbocycles. The van der Waals surface area contributed by atoms with Crippen LogP contribution in [0, 0.1) is 83.1 Å². The molecule has 11 heteroatoms. The van der Waals surface area contributed by atoms with Gasteiger partial charge in [0.05, 0.1) is 0 Å². The van der Waals surface area contributed by atoms with E-state index in [4.69, 9.17) is 31.7 Å². The van der Waals surface area contributed by atoms with Gasteiger partial charge in [-0.15, -0.1) is 0 Å². The Balaban J connectivity index is 1.64. The van der Waals surface area contributed by atoms with E-state index in [0.717, 1.165) is 66.8 Å². The van der Waals surface area contributed by atoms with E-state index in [1.165, 1.54) is 0 Å². The van der Waals surface area contributed by atoms with Crippen LogP contribution in [0.5, 0.6) is 34.5 Å².